The molecule has 0 amide bonds. The Morgan fingerprint density at radius 2 is 1.00 bits per heavy atom. The number of carboxylic acid groups (broad SMARTS) is 1. The van der Waals surface area contributed by atoms with Gasteiger partial charge in [0.15, 0.2) is 6.10 Å². The van der Waals surface area contributed by atoms with Gasteiger partial charge in [-0.25, -0.2) is 4.79 Å². The van der Waals surface area contributed by atoms with Crippen LogP contribution in [-0.2, 0) is 4.79 Å². The second-order valence-electron chi connectivity index (χ2n) is 4.48. The van der Waals surface area contributed by atoms with Crippen molar-refractivity contribution in [2.45, 2.75) is 48.8 Å². The summed E-state index contributed by atoms with van der Waals surface area (Å²) < 4.78 is 0. The van der Waals surface area contributed by atoms with Crippen molar-refractivity contribution in [2.24, 2.45) is 0 Å². The number of carbonyl (C=O) groups is 1. The molecule has 0 aliphatic rings. The minimum atomic E-state index is -2.47. The third-order valence-electron chi connectivity index (χ3n) is 2.91. The normalized spacial score (nSPS) is 23.5. The maximum absolute atomic E-state index is 10.4. The predicted molar refractivity (Wildman–Crippen MR) is 62.8 cm³/mol. The summed E-state index contributed by atoms with van der Waals surface area (Å²) in [6.45, 7) is -0.968. The van der Waals surface area contributed by atoms with E-state index >= 15 is 0 Å². The molecule has 0 aromatic carbocycles. The van der Waals surface area contributed by atoms with Crippen LogP contribution in [-0.4, -0.2) is 112 Å². The van der Waals surface area contributed by atoms with Crippen LogP contribution < -0.4 is 0 Å². The lowest BCUT2D eigenvalue weighted by Gasteiger charge is -2.32. The van der Waals surface area contributed by atoms with Crippen molar-refractivity contribution < 1.29 is 55.9 Å². The Morgan fingerprint density at radius 3 is 1.33 bits per heavy atom. The van der Waals surface area contributed by atoms with E-state index in [0.29, 0.717) is 0 Å². The van der Waals surface area contributed by atoms with Crippen LogP contribution in [0.4, 0.5) is 0 Å². The SMILES string of the molecule is O=C(O)[C@H](O)[C@@H](O)[C@H](O)[C@H](O)[C@@H](O)[C@@H](O)[C@@H](O)[C@H](O)CO. The van der Waals surface area contributed by atoms with Crippen LogP contribution in [0, 0.1) is 0 Å². The first kappa shape index (κ1) is 20.1. The van der Waals surface area contributed by atoms with Crippen LogP contribution in [0.1, 0.15) is 0 Å². The third-order valence-corrected chi connectivity index (χ3v) is 2.91. The summed E-state index contributed by atoms with van der Waals surface area (Å²) in [7, 11) is 0. The number of hydrogen-bond acceptors (Lipinski definition) is 10. The first-order valence-corrected chi connectivity index (χ1v) is 5.84. The monoisotopic (exact) mass is 316 g/mol. The van der Waals surface area contributed by atoms with Gasteiger partial charge < -0.3 is 51.1 Å². The Balaban J connectivity index is 4.82. The van der Waals surface area contributed by atoms with Gasteiger partial charge in [0.1, 0.15) is 42.7 Å². The molecule has 21 heavy (non-hydrogen) atoms. The zero-order valence-electron chi connectivity index (χ0n) is 10.7. The number of aliphatic hydroxyl groups is 9. The minimum absolute atomic E-state index is 0.968. The minimum Gasteiger partial charge on any atom is -0.479 e. The molecule has 0 fully saturated rings. The summed E-state index contributed by atoms with van der Waals surface area (Å²) in [5.41, 5.74) is 0. The molecule has 0 heterocycles. The topological polar surface area (TPSA) is 219 Å². The van der Waals surface area contributed by atoms with Crippen molar-refractivity contribution in [2.75, 3.05) is 6.61 Å². The average Bonchev–Trinajstić information content (AvgIpc) is 2.48. The molecule has 11 heteroatoms. The molecule has 0 saturated carbocycles. The van der Waals surface area contributed by atoms with E-state index in [4.69, 9.17) is 20.4 Å². The standard InChI is InChI=1S/C10H20O11/c11-1-2(12)3(13)4(14)5(15)6(16)7(17)8(18)9(19)10(20)21/h2-9,11-19H,1H2,(H,20,21)/t2-,3+,4+,5+,6-,7-,8+,9-/m1/s1. The lowest BCUT2D eigenvalue weighted by Crippen LogP contribution is -2.57. The van der Waals surface area contributed by atoms with Crippen LogP contribution in [0.2, 0.25) is 0 Å². The largest absolute Gasteiger partial charge is 0.479 e. The van der Waals surface area contributed by atoms with Gasteiger partial charge in [0.25, 0.3) is 0 Å². The fourth-order valence-corrected chi connectivity index (χ4v) is 1.48. The van der Waals surface area contributed by atoms with E-state index in [9.17, 15) is 35.4 Å². The molecule has 0 bridgehead atoms. The highest BCUT2D eigenvalue weighted by molar-refractivity contribution is 5.72. The highest BCUT2D eigenvalue weighted by atomic mass is 16.4. The Morgan fingerprint density at radius 1 is 0.667 bits per heavy atom. The fraction of sp³-hybridized carbons (Fsp3) is 0.900. The molecule has 0 radical (unpaired) electrons. The molecule has 0 spiro atoms. The van der Waals surface area contributed by atoms with Gasteiger partial charge in [-0.15, -0.1) is 0 Å². The molecule has 126 valence electrons. The van der Waals surface area contributed by atoms with Crippen molar-refractivity contribution in [3.8, 4) is 0 Å². The first-order valence-electron chi connectivity index (χ1n) is 5.84. The van der Waals surface area contributed by atoms with E-state index < -0.39 is 61.4 Å². The molecule has 0 unspecified atom stereocenters. The molecule has 0 rings (SSSR count). The lowest BCUT2D eigenvalue weighted by atomic mass is 9.93. The van der Waals surface area contributed by atoms with Gasteiger partial charge in [0.2, 0.25) is 0 Å². The van der Waals surface area contributed by atoms with E-state index in [1.54, 1.807) is 0 Å². The zero-order valence-corrected chi connectivity index (χ0v) is 10.7. The molecule has 11 nitrogen and oxygen atoms in total. The van der Waals surface area contributed by atoms with Gasteiger partial charge in [-0.1, -0.05) is 0 Å². The van der Waals surface area contributed by atoms with E-state index in [1.807, 2.05) is 0 Å². The number of aliphatic carboxylic acids is 1. The molecule has 10 N–H and O–H groups in total. The highest BCUT2D eigenvalue weighted by Gasteiger charge is 2.41. The van der Waals surface area contributed by atoms with Crippen molar-refractivity contribution in [3.63, 3.8) is 0 Å². The van der Waals surface area contributed by atoms with Crippen LogP contribution in [0.15, 0.2) is 0 Å². The van der Waals surface area contributed by atoms with Gasteiger partial charge >= 0.3 is 5.97 Å². The van der Waals surface area contributed by atoms with Gasteiger partial charge in [-0.3, -0.25) is 0 Å². The number of aliphatic hydroxyl groups excluding tert-OH is 9. The van der Waals surface area contributed by atoms with Crippen LogP contribution in [0.25, 0.3) is 0 Å². The van der Waals surface area contributed by atoms with Gasteiger partial charge in [-0.2, -0.15) is 0 Å². The quantitative estimate of drug-likeness (QED) is 0.193. The average molecular weight is 316 g/mol. The maximum atomic E-state index is 10.4. The van der Waals surface area contributed by atoms with Crippen molar-refractivity contribution >= 4 is 5.97 Å². The second-order valence-corrected chi connectivity index (χ2v) is 4.48. The van der Waals surface area contributed by atoms with E-state index in [-0.39, 0.29) is 0 Å². The molecule has 0 aromatic heterocycles. The van der Waals surface area contributed by atoms with Gasteiger partial charge in [0.05, 0.1) is 6.61 Å². The summed E-state index contributed by atoms with van der Waals surface area (Å²) in [6, 6.07) is 0. The molecular weight excluding hydrogens is 296 g/mol. The van der Waals surface area contributed by atoms with Gasteiger partial charge in [-0.05, 0) is 0 Å². The molecule has 0 aliphatic carbocycles. The summed E-state index contributed by atoms with van der Waals surface area (Å²) in [5, 5.41) is 91.4. The van der Waals surface area contributed by atoms with E-state index in [1.165, 1.54) is 0 Å². The van der Waals surface area contributed by atoms with Crippen LogP contribution in [0.3, 0.4) is 0 Å². The maximum Gasteiger partial charge on any atom is 0.335 e. The predicted octanol–water partition coefficient (Wildman–Crippen LogP) is -6.05. The first-order chi connectivity index (χ1) is 9.56. The third kappa shape index (κ3) is 5.10. The summed E-state index contributed by atoms with van der Waals surface area (Å²) in [5.74, 6) is -1.90. The molecule has 8 atom stereocenters. The number of hydrogen-bond donors (Lipinski definition) is 10. The summed E-state index contributed by atoms with van der Waals surface area (Å²) in [4.78, 5) is 10.4. The molecular formula is C10H20O11. The second kappa shape index (κ2) is 8.53. The Labute approximate surface area is 118 Å². The van der Waals surface area contributed by atoms with E-state index in [0.717, 1.165) is 0 Å². The summed E-state index contributed by atoms with van der Waals surface area (Å²) in [6.07, 6.45) is -18.1. The molecule has 0 saturated heterocycles. The Hall–Kier alpha value is -0.890. The molecule has 0 aromatic rings. The number of carboxylic acids is 1. The Bertz CT molecular complexity index is 324. The smallest absolute Gasteiger partial charge is 0.335 e. The van der Waals surface area contributed by atoms with E-state index in [2.05, 4.69) is 0 Å². The van der Waals surface area contributed by atoms with Crippen molar-refractivity contribution in [3.05, 3.63) is 0 Å². The lowest BCUT2D eigenvalue weighted by molar-refractivity contribution is -0.186. The van der Waals surface area contributed by atoms with Crippen molar-refractivity contribution in [1.29, 1.82) is 0 Å². The zero-order chi connectivity index (χ0) is 16.9. The fourth-order valence-electron chi connectivity index (χ4n) is 1.48. The highest BCUT2D eigenvalue weighted by Crippen LogP contribution is 2.14. The molecule has 0 aliphatic heterocycles. The van der Waals surface area contributed by atoms with Gasteiger partial charge in [0, 0.05) is 0 Å². The Kier molecular flexibility index (Phi) is 8.17. The van der Waals surface area contributed by atoms with Crippen LogP contribution >= 0.6 is 0 Å². The number of rotatable bonds is 9. The van der Waals surface area contributed by atoms with Crippen molar-refractivity contribution in [1.82, 2.24) is 0 Å². The van der Waals surface area contributed by atoms with Crippen LogP contribution in [0.5, 0.6) is 0 Å². The summed E-state index contributed by atoms with van der Waals surface area (Å²) >= 11 is 0.